The van der Waals surface area contributed by atoms with Crippen LogP contribution in [-0.4, -0.2) is 23.9 Å². The molecule has 0 aromatic heterocycles. The van der Waals surface area contributed by atoms with E-state index in [4.69, 9.17) is 0 Å². The summed E-state index contributed by atoms with van der Waals surface area (Å²) in [5.74, 6) is -0.425. The molecule has 0 spiro atoms. The molecule has 1 atom stereocenters. The van der Waals surface area contributed by atoms with Gasteiger partial charge in [0.05, 0.1) is 5.56 Å². The molecule has 1 N–H and O–H groups in total. The number of benzene rings is 2. The van der Waals surface area contributed by atoms with E-state index < -0.39 is 17.6 Å². The maximum Gasteiger partial charge on any atom is 0.416 e. The number of hydrogen-bond donors (Lipinski definition) is 1. The van der Waals surface area contributed by atoms with Gasteiger partial charge in [-0.15, -0.1) is 0 Å². The fourth-order valence-corrected chi connectivity index (χ4v) is 3.41. The number of nitrogens with zero attached hydrogens (tertiary/aromatic N) is 1. The SMILES string of the molecule is CC(c1cccc(NC(=O)c2ccc(C(F)(F)F)cc2)c1)N1CCCCC1. The van der Waals surface area contributed by atoms with Crippen LogP contribution < -0.4 is 5.32 Å². The molecule has 27 heavy (non-hydrogen) atoms. The van der Waals surface area contributed by atoms with Crippen LogP contribution in [0, 0.1) is 0 Å². The number of likely N-dealkylation sites (tertiary alicyclic amines) is 1. The second kappa shape index (κ2) is 8.13. The predicted octanol–water partition coefficient (Wildman–Crippen LogP) is 5.50. The van der Waals surface area contributed by atoms with Gasteiger partial charge in [-0.1, -0.05) is 18.6 Å². The summed E-state index contributed by atoms with van der Waals surface area (Å²) in [7, 11) is 0. The van der Waals surface area contributed by atoms with E-state index in [2.05, 4.69) is 17.1 Å². The lowest BCUT2D eigenvalue weighted by Crippen LogP contribution is -2.32. The molecule has 0 bridgehead atoms. The Bertz CT molecular complexity index is 781. The van der Waals surface area contributed by atoms with Crippen molar-refractivity contribution in [2.24, 2.45) is 0 Å². The molecule has 2 aromatic rings. The summed E-state index contributed by atoms with van der Waals surface area (Å²) in [6.45, 7) is 4.30. The topological polar surface area (TPSA) is 32.3 Å². The molecule has 0 saturated carbocycles. The van der Waals surface area contributed by atoms with Crippen LogP contribution in [0.5, 0.6) is 0 Å². The molecule has 1 fully saturated rings. The normalized spacial score (nSPS) is 16.7. The number of carbonyl (C=O) groups is 1. The second-order valence-electron chi connectivity index (χ2n) is 6.93. The Balaban J connectivity index is 1.69. The van der Waals surface area contributed by atoms with Gasteiger partial charge in [-0.2, -0.15) is 13.2 Å². The van der Waals surface area contributed by atoms with Gasteiger partial charge in [-0.25, -0.2) is 0 Å². The van der Waals surface area contributed by atoms with Gasteiger partial charge >= 0.3 is 6.18 Å². The van der Waals surface area contributed by atoms with E-state index in [1.54, 1.807) is 6.07 Å². The average Bonchev–Trinajstić information content (AvgIpc) is 2.67. The lowest BCUT2D eigenvalue weighted by Gasteiger charge is -2.32. The Morgan fingerprint density at radius 2 is 1.70 bits per heavy atom. The van der Waals surface area contributed by atoms with Crippen LogP contribution in [-0.2, 0) is 6.18 Å². The van der Waals surface area contributed by atoms with E-state index in [-0.39, 0.29) is 11.6 Å². The minimum Gasteiger partial charge on any atom is -0.322 e. The van der Waals surface area contributed by atoms with Gasteiger partial charge in [0.1, 0.15) is 0 Å². The third-order valence-corrected chi connectivity index (χ3v) is 5.04. The van der Waals surface area contributed by atoms with Crippen LogP contribution >= 0.6 is 0 Å². The van der Waals surface area contributed by atoms with Gasteiger partial charge in [0, 0.05) is 17.3 Å². The van der Waals surface area contributed by atoms with E-state index in [9.17, 15) is 18.0 Å². The molecule has 144 valence electrons. The first-order valence-corrected chi connectivity index (χ1v) is 9.17. The van der Waals surface area contributed by atoms with Crippen molar-refractivity contribution in [2.75, 3.05) is 18.4 Å². The fourth-order valence-electron chi connectivity index (χ4n) is 3.41. The van der Waals surface area contributed by atoms with Crippen molar-refractivity contribution in [3.8, 4) is 0 Å². The van der Waals surface area contributed by atoms with Crippen molar-refractivity contribution in [3.63, 3.8) is 0 Å². The Morgan fingerprint density at radius 1 is 1.04 bits per heavy atom. The monoisotopic (exact) mass is 376 g/mol. The zero-order chi connectivity index (χ0) is 19.4. The van der Waals surface area contributed by atoms with Gasteiger partial charge < -0.3 is 5.32 Å². The van der Waals surface area contributed by atoms with E-state index in [1.165, 1.54) is 31.4 Å². The molecule has 1 heterocycles. The third-order valence-electron chi connectivity index (χ3n) is 5.04. The quantitative estimate of drug-likeness (QED) is 0.764. The van der Waals surface area contributed by atoms with Crippen molar-refractivity contribution >= 4 is 11.6 Å². The number of rotatable bonds is 4. The summed E-state index contributed by atoms with van der Waals surface area (Å²) in [6.07, 6.45) is -0.732. The van der Waals surface area contributed by atoms with Crippen LogP contribution in [0.25, 0.3) is 0 Å². The first-order valence-electron chi connectivity index (χ1n) is 9.17. The summed E-state index contributed by atoms with van der Waals surface area (Å²) in [4.78, 5) is 14.8. The molecule has 1 saturated heterocycles. The highest BCUT2D eigenvalue weighted by Gasteiger charge is 2.30. The highest BCUT2D eigenvalue weighted by atomic mass is 19.4. The van der Waals surface area contributed by atoms with E-state index >= 15 is 0 Å². The van der Waals surface area contributed by atoms with Crippen molar-refractivity contribution in [3.05, 3.63) is 65.2 Å². The average molecular weight is 376 g/mol. The molecule has 6 heteroatoms. The Morgan fingerprint density at radius 3 is 2.33 bits per heavy atom. The Hall–Kier alpha value is -2.34. The number of anilines is 1. The molecule has 3 nitrogen and oxygen atoms in total. The summed E-state index contributed by atoms with van der Waals surface area (Å²) < 4.78 is 37.9. The molecule has 1 unspecified atom stereocenters. The van der Waals surface area contributed by atoms with E-state index in [1.807, 2.05) is 18.2 Å². The number of alkyl halides is 3. The van der Waals surface area contributed by atoms with E-state index in [0.29, 0.717) is 5.69 Å². The van der Waals surface area contributed by atoms with Crippen LogP contribution in [0.4, 0.5) is 18.9 Å². The molecule has 1 aliphatic heterocycles. The largest absolute Gasteiger partial charge is 0.416 e. The predicted molar refractivity (Wildman–Crippen MR) is 99.7 cm³/mol. The van der Waals surface area contributed by atoms with E-state index in [0.717, 1.165) is 30.8 Å². The van der Waals surface area contributed by atoms with Gasteiger partial charge in [0.15, 0.2) is 0 Å². The summed E-state index contributed by atoms with van der Waals surface area (Å²) in [6, 6.07) is 12.1. The van der Waals surface area contributed by atoms with Crippen LogP contribution in [0.2, 0.25) is 0 Å². The number of hydrogen-bond acceptors (Lipinski definition) is 2. The lowest BCUT2D eigenvalue weighted by atomic mass is 10.0. The van der Waals surface area contributed by atoms with Crippen LogP contribution in [0.15, 0.2) is 48.5 Å². The highest BCUT2D eigenvalue weighted by molar-refractivity contribution is 6.04. The minimum absolute atomic E-state index is 0.192. The van der Waals surface area contributed by atoms with Crippen molar-refractivity contribution in [1.29, 1.82) is 0 Å². The van der Waals surface area contributed by atoms with Gasteiger partial charge in [0.25, 0.3) is 5.91 Å². The molecule has 1 amide bonds. The number of amides is 1. The van der Waals surface area contributed by atoms with Gasteiger partial charge in [0.2, 0.25) is 0 Å². The minimum atomic E-state index is -4.41. The molecule has 2 aromatic carbocycles. The van der Waals surface area contributed by atoms with Crippen molar-refractivity contribution in [2.45, 2.75) is 38.4 Å². The highest BCUT2D eigenvalue weighted by Crippen LogP contribution is 2.29. The first kappa shape index (κ1) is 19.4. The summed E-state index contributed by atoms with van der Waals surface area (Å²) in [5.41, 5.74) is 1.18. The maximum absolute atomic E-state index is 12.6. The fraction of sp³-hybridized carbons (Fsp3) is 0.381. The first-order chi connectivity index (χ1) is 12.8. The lowest BCUT2D eigenvalue weighted by molar-refractivity contribution is -0.137. The summed E-state index contributed by atoms with van der Waals surface area (Å²) >= 11 is 0. The molecule has 0 aliphatic carbocycles. The Labute approximate surface area is 157 Å². The number of halogens is 3. The zero-order valence-corrected chi connectivity index (χ0v) is 15.2. The standard InChI is InChI=1S/C21H23F3N2O/c1-15(26-12-3-2-4-13-26)17-6-5-7-19(14-17)25-20(27)16-8-10-18(11-9-16)21(22,23)24/h5-11,14-15H,2-4,12-13H2,1H3,(H,25,27). The number of piperidine rings is 1. The zero-order valence-electron chi connectivity index (χ0n) is 15.2. The smallest absolute Gasteiger partial charge is 0.322 e. The Kier molecular flexibility index (Phi) is 5.85. The molecule has 1 aliphatic rings. The molecule has 3 rings (SSSR count). The number of carbonyl (C=O) groups excluding carboxylic acids is 1. The van der Waals surface area contributed by atoms with Crippen molar-refractivity contribution < 1.29 is 18.0 Å². The van der Waals surface area contributed by atoms with Crippen LogP contribution in [0.1, 0.15) is 53.7 Å². The second-order valence-corrected chi connectivity index (χ2v) is 6.93. The molecular formula is C21H23F3N2O. The summed E-state index contributed by atoms with van der Waals surface area (Å²) in [5, 5.41) is 2.78. The van der Waals surface area contributed by atoms with Crippen molar-refractivity contribution in [1.82, 2.24) is 4.90 Å². The van der Waals surface area contributed by atoms with Gasteiger partial charge in [-0.3, -0.25) is 9.69 Å². The maximum atomic E-state index is 12.6. The third kappa shape index (κ3) is 4.89. The van der Waals surface area contributed by atoms with Gasteiger partial charge in [-0.05, 0) is 74.8 Å². The molecule has 0 radical (unpaired) electrons. The van der Waals surface area contributed by atoms with Crippen LogP contribution in [0.3, 0.4) is 0 Å². The number of nitrogens with one attached hydrogen (secondary N) is 1. The molecular weight excluding hydrogens is 353 g/mol.